The largest absolute Gasteiger partial charge is 0.370 e. The topological polar surface area (TPSA) is 88.3 Å². The van der Waals surface area contributed by atoms with Crippen LogP contribution in [0.15, 0.2) is 23.2 Å². The zero-order chi connectivity index (χ0) is 14.8. The third kappa shape index (κ3) is 3.28. The van der Waals surface area contributed by atoms with E-state index in [1.54, 1.807) is 12.1 Å². The van der Waals surface area contributed by atoms with Crippen LogP contribution in [0.4, 0.5) is 5.82 Å². The highest BCUT2D eigenvalue weighted by Gasteiger charge is 2.23. The number of rotatable bonds is 5. The van der Waals surface area contributed by atoms with E-state index < -0.39 is 10.0 Å². The van der Waals surface area contributed by atoms with Gasteiger partial charge in [0.2, 0.25) is 10.0 Å². The van der Waals surface area contributed by atoms with E-state index in [1.165, 1.54) is 31.0 Å². The predicted octanol–water partition coefficient (Wildman–Crippen LogP) is 0.871. The zero-order valence-electron chi connectivity index (χ0n) is 11.9. The third-order valence-corrected chi connectivity index (χ3v) is 5.58. The van der Waals surface area contributed by atoms with Gasteiger partial charge in [-0.1, -0.05) is 6.42 Å². The first-order chi connectivity index (χ1) is 9.41. The van der Waals surface area contributed by atoms with Crippen LogP contribution in [0.3, 0.4) is 0 Å². The first kappa shape index (κ1) is 15.2. The first-order valence-corrected chi connectivity index (χ1v) is 8.23. The molecule has 112 valence electrons. The molecule has 1 saturated carbocycles. The van der Waals surface area contributed by atoms with E-state index in [1.807, 2.05) is 0 Å². The molecule has 1 aliphatic rings. The summed E-state index contributed by atoms with van der Waals surface area (Å²) >= 11 is 0. The van der Waals surface area contributed by atoms with Gasteiger partial charge >= 0.3 is 0 Å². The van der Waals surface area contributed by atoms with Crippen LogP contribution in [-0.2, 0) is 10.0 Å². The monoisotopic (exact) mass is 298 g/mol. The van der Waals surface area contributed by atoms with Gasteiger partial charge in [-0.25, -0.2) is 17.7 Å². The molecule has 0 amide bonds. The highest BCUT2D eigenvalue weighted by atomic mass is 32.2. The summed E-state index contributed by atoms with van der Waals surface area (Å²) in [4.78, 5) is 4.36. The molecule has 1 aromatic rings. The second-order valence-corrected chi connectivity index (χ2v) is 7.55. The van der Waals surface area contributed by atoms with Crippen LogP contribution >= 0.6 is 0 Å². The van der Waals surface area contributed by atoms with E-state index in [0.717, 1.165) is 19.4 Å². The Morgan fingerprint density at radius 2 is 2.15 bits per heavy atom. The number of sulfonamides is 1. The van der Waals surface area contributed by atoms with Crippen molar-refractivity contribution in [3.05, 3.63) is 18.3 Å². The van der Waals surface area contributed by atoms with Gasteiger partial charge in [0, 0.05) is 32.9 Å². The molecule has 0 saturated heterocycles. The van der Waals surface area contributed by atoms with Crippen molar-refractivity contribution in [1.29, 1.82) is 0 Å². The van der Waals surface area contributed by atoms with E-state index in [-0.39, 0.29) is 10.9 Å². The molecule has 1 fully saturated rings. The fourth-order valence-electron chi connectivity index (χ4n) is 2.40. The van der Waals surface area contributed by atoms with Gasteiger partial charge < -0.3 is 11.1 Å². The van der Waals surface area contributed by atoms with Crippen molar-refractivity contribution in [1.82, 2.24) is 9.29 Å². The summed E-state index contributed by atoms with van der Waals surface area (Å²) in [5.74, 6) is 1.16. The fraction of sp³-hybridized carbons (Fsp3) is 0.615. The minimum atomic E-state index is -3.41. The van der Waals surface area contributed by atoms with Crippen molar-refractivity contribution in [2.24, 2.45) is 11.7 Å². The Balaban J connectivity index is 1.98. The molecule has 2 unspecified atom stereocenters. The van der Waals surface area contributed by atoms with Gasteiger partial charge in [-0.2, -0.15) is 0 Å². The average molecular weight is 298 g/mol. The molecule has 20 heavy (non-hydrogen) atoms. The summed E-state index contributed by atoms with van der Waals surface area (Å²) in [6.45, 7) is 0.786. The molecule has 7 heteroatoms. The third-order valence-electron chi connectivity index (χ3n) is 3.78. The standard InChI is InChI=1S/C13H22N4O2S/c1-17(2)20(18,19)11-6-7-13(16-9-11)15-8-10-4-3-5-12(10)14/h6-7,9-10,12H,3-5,8,14H2,1-2H3,(H,15,16). The summed E-state index contributed by atoms with van der Waals surface area (Å²) < 4.78 is 25.0. The Labute approximate surface area is 120 Å². The second kappa shape index (κ2) is 6.07. The quantitative estimate of drug-likeness (QED) is 0.842. The highest BCUT2D eigenvalue weighted by molar-refractivity contribution is 7.89. The van der Waals surface area contributed by atoms with Crippen LogP contribution in [0.5, 0.6) is 0 Å². The zero-order valence-corrected chi connectivity index (χ0v) is 12.7. The van der Waals surface area contributed by atoms with Crippen molar-refractivity contribution in [3.8, 4) is 0 Å². The molecule has 1 heterocycles. The number of nitrogens with zero attached hydrogens (tertiary/aromatic N) is 2. The molecule has 0 spiro atoms. The summed E-state index contributed by atoms with van der Waals surface area (Å²) in [5, 5.41) is 3.23. The predicted molar refractivity (Wildman–Crippen MR) is 78.9 cm³/mol. The summed E-state index contributed by atoms with van der Waals surface area (Å²) in [7, 11) is -0.404. The van der Waals surface area contributed by atoms with Gasteiger partial charge in [0.25, 0.3) is 0 Å². The van der Waals surface area contributed by atoms with Crippen LogP contribution in [0.25, 0.3) is 0 Å². The Morgan fingerprint density at radius 1 is 1.40 bits per heavy atom. The van der Waals surface area contributed by atoms with Crippen molar-refractivity contribution in [3.63, 3.8) is 0 Å². The van der Waals surface area contributed by atoms with Crippen molar-refractivity contribution < 1.29 is 8.42 Å². The molecular formula is C13H22N4O2S. The summed E-state index contributed by atoms with van der Waals surface area (Å²) in [6.07, 6.45) is 4.79. The van der Waals surface area contributed by atoms with E-state index in [9.17, 15) is 8.42 Å². The van der Waals surface area contributed by atoms with Gasteiger partial charge in [0.1, 0.15) is 10.7 Å². The lowest BCUT2D eigenvalue weighted by Crippen LogP contribution is -2.29. The van der Waals surface area contributed by atoms with Gasteiger partial charge in [-0.05, 0) is 30.9 Å². The minimum absolute atomic E-state index is 0.200. The van der Waals surface area contributed by atoms with Crippen molar-refractivity contribution in [2.45, 2.75) is 30.2 Å². The molecule has 0 aliphatic heterocycles. The van der Waals surface area contributed by atoms with Gasteiger partial charge in [-0.3, -0.25) is 0 Å². The fourth-order valence-corrected chi connectivity index (χ4v) is 3.25. The summed E-state index contributed by atoms with van der Waals surface area (Å²) in [5.41, 5.74) is 6.01. The molecule has 2 atom stereocenters. The lowest BCUT2D eigenvalue weighted by Gasteiger charge is -2.16. The average Bonchev–Trinajstić information content (AvgIpc) is 2.82. The maximum absolute atomic E-state index is 11.9. The molecule has 0 radical (unpaired) electrons. The van der Waals surface area contributed by atoms with E-state index >= 15 is 0 Å². The Morgan fingerprint density at radius 3 is 2.65 bits per heavy atom. The first-order valence-electron chi connectivity index (χ1n) is 6.79. The maximum atomic E-state index is 11.9. The second-order valence-electron chi connectivity index (χ2n) is 5.40. The van der Waals surface area contributed by atoms with Gasteiger partial charge in [0.05, 0.1) is 0 Å². The van der Waals surface area contributed by atoms with Crippen molar-refractivity contribution >= 4 is 15.8 Å². The Bertz CT molecular complexity index is 542. The molecule has 2 rings (SSSR count). The number of hydrogen-bond acceptors (Lipinski definition) is 5. The van der Waals surface area contributed by atoms with E-state index in [2.05, 4.69) is 10.3 Å². The number of nitrogens with two attached hydrogens (primary N) is 1. The number of aromatic nitrogens is 1. The Kier molecular flexibility index (Phi) is 4.62. The molecular weight excluding hydrogens is 276 g/mol. The lowest BCUT2D eigenvalue weighted by atomic mass is 10.1. The molecule has 3 N–H and O–H groups in total. The SMILES string of the molecule is CN(C)S(=O)(=O)c1ccc(NCC2CCCC2N)nc1. The number of pyridine rings is 1. The lowest BCUT2D eigenvalue weighted by molar-refractivity contribution is 0.504. The van der Waals surface area contributed by atoms with Crippen LogP contribution < -0.4 is 11.1 Å². The molecule has 6 nitrogen and oxygen atoms in total. The van der Waals surface area contributed by atoms with Crippen LogP contribution in [-0.4, -0.2) is 44.4 Å². The minimum Gasteiger partial charge on any atom is -0.370 e. The summed E-state index contributed by atoms with van der Waals surface area (Å²) in [6, 6.07) is 3.52. The Hall–Kier alpha value is -1.18. The van der Waals surface area contributed by atoms with Gasteiger partial charge in [0.15, 0.2) is 0 Å². The maximum Gasteiger partial charge on any atom is 0.244 e. The molecule has 1 aromatic heterocycles. The van der Waals surface area contributed by atoms with Crippen molar-refractivity contribution in [2.75, 3.05) is 26.0 Å². The highest BCUT2D eigenvalue weighted by Crippen LogP contribution is 2.24. The number of nitrogens with one attached hydrogen (secondary N) is 1. The van der Waals surface area contributed by atoms with Crippen LogP contribution in [0.2, 0.25) is 0 Å². The van der Waals surface area contributed by atoms with E-state index in [0.29, 0.717) is 11.7 Å². The smallest absolute Gasteiger partial charge is 0.244 e. The molecule has 0 bridgehead atoms. The molecule has 1 aliphatic carbocycles. The molecule has 0 aromatic carbocycles. The van der Waals surface area contributed by atoms with E-state index in [4.69, 9.17) is 5.73 Å². The van der Waals surface area contributed by atoms with Crippen LogP contribution in [0.1, 0.15) is 19.3 Å². The van der Waals surface area contributed by atoms with Crippen LogP contribution in [0, 0.1) is 5.92 Å². The normalized spacial score (nSPS) is 23.2. The number of anilines is 1. The van der Waals surface area contributed by atoms with Gasteiger partial charge in [-0.15, -0.1) is 0 Å². The number of hydrogen-bond donors (Lipinski definition) is 2.